The van der Waals surface area contributed by atoms with Crippen molar-refractivity contribution in [1.82, 2.24) is 0 Å². The van der Waals surface area contributed by atoms with Crippen LogP contribution in [-0.2, 0) is 0 Å². The van der Waals surface area contributed by atoms with Gasteiger partial charge in [-0.3, -0.25) is 0 Å². The van der Waals surface area contributed by atoms with Crippen molar-refractivity contribution in [3.8, 4) is 5.75 Å². The van der Waals surface area contributed by atoms with Crippen LogP contribution in [-0.4, -0.2) is 6.36 Å². The molecule has 2 aromatic rings. The average molecular weight is 266 g/mol. The van der Waals surface area contributed by atoms with Gasteiger partial charge in [-0.05, 0) is 24.4 Å². The van der Waals surface area contributed by atoms with E-state index in [-0.39, 0.29) is 10.8 Å². The van der Waals surface area contributed by atoms with E-state index in [1.165, 1.54) is 23.5 Å². The van der Waals surface area contributed by atoms with E-state index in [4.69, 9.17) is 11.6 Å². The van der Waals surface area contributed by atoms with Gasteiger partial charge in [-0.25, -0.2) is 0 Å². The van der Waals surface area contributed by atoms with Gasteiger partial charge in [-0.2, -0.15) is 0 Å². The predicted octanol–water partition coefficient (Wildman–Crippen LogP) is 4.64. The number of thiophene rings is 1. The quantitative estimate of drug-likeness (QED) is 0.730. The van der Waals surface area contributed by atoms with Gasteiger partial charge in [0.15, 0.2) is 0 Å². The van der Waals surface area contributed by atoms with Gasteiger partial charge in [-0.1, -0.05) is 11.6 Å². The summed E-state index contributed by atoms with van der Waals surface area (Å²) >= 11 is 7.14. The van der Waals surface area contributed by atoms with E-state index in [0.717, 1.165) is 10.3 Å². The maximum absolute atomic E-state index is 12.0. The van der Waals surface area contributed by atoms with Gasteiger partial charge >= 0.3 is 6.36 Å². The Balaban J connectivity index is 2.53. The second-order valence-corrected chi connectivity index (χ2v) is 4.39. The van der Waals surface area contributed by atoms with E-state index in [1.807, 2.05) is 0 Å². The fraction of sp³-hybridized carbons (Fsp3) is 0.100. The molecule has 0 fully saturated rings. The zero-order chi connectivity index (χ0) is 11.9. The molecule has 2 rings (SSSR count). The molecule has 1 heterocycles. The normalized spacial score (nSPS) is 12.1. The first-order chi connectivity index (χ1) is 7.38. The van der Waals surface area contributed by atoms with Crippen LogP contribution in [0.25, 0.3) is 10.8 Å². The fourth-order valence-corrected chi connectivity index (χ4v) is 2.46. The van der Waals surface area contributed by atoms with E-state index in [2.05, 4.69) is 11.7 Å². The lowest BCUT2D eigenvalue weighted by molar-refractivity contribution is -0.274. The molecule has 0 spiro atoms. The SMILES string of the molecule is [CH2]c1scc2c(Cl)c(OC(F)(F)F)ccc12. The second kappa shape index (κ2) is 3.82. The van der Waals surface area contributed by atoms with Gasteiger partial charge in [0, 0.05) is 15.6 Å². The molecule has 0 N–H and O–H groups in total. The number of hydrogen-bond acceptors (Lipinski definition) is 2. The predicted molar refractivity (Wildman–Crippen MR) is 58.0 cm³/mol. The first kappa shape index (κ1) is 11.5. The van der Waals surface area contributed by atoms with Crippen LogP contribution in [0, 0.1) is 6.92 Å². The minimum absolute atomic E-state index is 0.0408. The lowest BCUT2D eigenvalue weighted by Crippen LogP contribution is -2.17. The highest BCUT2D eigenvalue weighted by Gasteiger charge is 2.32. The molecule has 0 aliphatic heterocycles. The molecule has 0 bridgehead atoms. The van der Waals surface area contributed by atoms with Crippen molar-refractivity contribution in [1.29, 1.82) is 0 Å². The molecule has 6 heteroatoms. The molecule has 0 amide bonds. The summed E-state index contributed by atoms with van der Waals surface area (Å²) in [5.41, 5.74) is 0. The molecule has 16 heavy (non-hydrogen) atoms. The zero-order valence-electron chi connectivity index (χ0n) is 7.77. The van der Waals surface area contributed by atoms with Crippen LogP contribution < -0.4 is 4.74 Å². The van der Waals surface area contributed by atoms with E-state index >= 15 is 0 Å². The monoisotopic (exact) mass is 265 g/mol. The third-order valence-corrected chi connectivity index (χ3v) is 3.24. The van der Waals surface area contributed by atoms with Crippen LogP contribution in [0.1, 0.15) is 4.88 Å². The van der Waals surface area contributed by atoms with Gasteiger partial charge in [0.1, 0.15) is 5.75 Å². The highest BCUT2D eigenvalue weighted by Crippen LogP contribution is 2.38. The number of ether oxygens (including phenoxy) is 1. The average Bonchev–Trinajstić information content (AvgIpc) is 2.52. The van der Waals surface area contributed by atoms with Crippen molar-refractivity contribution >= 4 is 33.7 Å². The summed E-state index contributed by atoms with van der Waals surface area (Å²) in [5, 5.41) is 2.88. The third-order valence-electron chi connectivity index (χ3n) is 1.99. The number of halogens is 4. The molecular weight excluding hydrogens is 261 g/mol. The number of alkyl halides is 3. The molecule has 1 radical (unpaired) electrons. The van der Waals surface area contributed by atoms with Gasteiger partial charge in [0.2, 0.25) is 0 Å². The first-order valence-corrected chi connectivity index (χ1v) is 5.41. The van der Waals surface area contributed by atoms with Crippen LogP contribution in [0.5, 0.6) is 5.75 Å². The Hall–Kier alpha value is -0.940. The molecule has 0 saturated heterocycles. The second-order valence-electron chi connectivity index (χ2n) is 3.05. The number of benzene rings is 1. The molecule has 1 nitrogen and oxygen atoms in total. The highest BCUT2D eigenvalue weighted by atomic mass is 35.5. The van der Waals surface area contributed by atoms with Crippen molar-refractivity contribution in [3.05, 3.63) is 34.3 Å². The van der Waals surface area contributed by atoms with Crippen molar-refractivity contribution in [2.45, 2.75) is 6.36 Å². The summed E-state index contributed by atoms with van der Waals surface area (Å²) in [6, 6.07) is 2.71. The Kier molecular flexibility index (Phi) is 2.75. The van der Waals surface area contributed by atoms with E-state index in [9.17, 15) is 13.2 Å². The molecule has 0 aliphatic rings. The Labute approximate surface area is 98.4 Å². The van der Waals surface area contributed by atoms with Crippen LogP contribution in [0.3, 0.4) is 0 Å². The molecule has 0 saturated carbocycles. The van der Waals surface area contributed by atoms with Crippen LogP contribution in [0.15, 0.2) is 17.5 Å². The Morgan fingerprint density at radius 1 is 1.25 bits per heavy atom. The molecule has 85 valence electrons. The van der Waals surface area contributed by atoms with E-state index < -0.39 is 6.36 Å². The largest absolute Gasteiger partial charge is 0.573 e. The number of rotatable bonds is 1. The Morgan fingerprint density at radius 2 is 1.94 bits per heavy atom. The molecule has 0 atom stereocenters. The van der Waals surface area contributed by atoms with Crippen LogP contribution in [0.2, 0.25) is 5.02 Å². The standard InChI is InChI=1S/C10H5ClF3OS/c1-5-6-2-3-8(15-10(12,13)14)9(11)7(6)4-16-5/h2-4H,1H2. The Bertz CT molecular complexity index is 533. The molecule has 1 aromatic carbocycles. The lowest BCUT2D eigenvalue weighted by atomic mass is 10.2. The number of hydrogen-bond donors (Lipinski definition) is 0. The van der Waals surface area contributed by atoms with Crippen molar-refractivity contribution in [3.63, 3.8) is 0 Å². The van der Waals surface area contributed by atoms with E-state index in [0.29, 0.717) is 5.39 Å². The fourth-order valence-electron chi connectivity index (χ4n) is 1.33. The summed E-state index contributed by atoms with van der Waals surface area (Å²) < 4.78 is 39.9. The number of fused-ring (bicyclic) bond motifs is 1. The van der Waals surface area contributed by atoms with Gasteiger partial charge < -0.3 is 4.74 Å². The lowest BCUT2D eigenvalue weighted by Gasteiger charge is -2.10. The van der Waals surface area contributed by atoms with Crippen LogP contribution >= 0.6 is 22.9 Å². The Morgan fingerprint density at radius 3 is 2.56 bits per heavy atom. The summed E-state index contributed by atoms with van der Waals surface area (Å²) in [6.45, 7) is 3.75. The molecular formula is C10H5ClF3OS. The maximum atomic E-state index is 12.0. The zero-order valence-corrected chi connectivity index (χ0v) is 9.34. The highest BCUT2D eigenvalue weighted by molar-refractivity contribution is 7.11. The summed E-state index contributed by atoms with van der Waals surface area (Å²) in [5.74, 6) is -0.389. The van der Waals surface area contributed by atoms with Gasteiger partial charge in [0.25, 0.3) is 0 Å². The smallest absolute Gasteiger partial charge is 0.404 e. The summed E-state index contributed by atoms with van der Waals surface area (Å²) in [7, 11) is 0. The molecule has 0 aliphatic carbocycles. The third kappa shape index (κ3) is 2.10. The van der Waals surface area contributed by atoms with Gasteiger partial charge in [-0.15, -0.1) is 24.5 Å². The van der Waals surface area contributed by atoms with E-state index in [1.54, 1.807) is 5.38 Å². The topological polar surface area (TPSA) is 9.23 Å². The van der Waals surface area contributed by atoms with Crippen molar-refractivity contribution in [2.24, 2.45) is 0 Å². The van der Waals surface area contributed by atoms with Crippen LogP contribution in [0.4, 0.5) is 13.2 Å². The van der Waals surface area contributed by atoms with Crippen molar-refractivity contribution < 1.29 is 17.9 Å². The first-order valence-electron chi connectivity index (χ1n) is 4.16. The molecule has 1 aromatic heterocycles. The summed E-state index contributed by atoms with van der Waals surface area (Å²) in [6.07, 6.45) is -4.74. The maximum Gasteiger partial charge on any atom is 0.573 e. The minimum atomic E-state index is -4.74. The van der Waals surface area contributed by atoms with Crippen molar-refractivity contribution in [2.75, 3.05) is 0 Å². The van der Waals surface area contributed by atoms with Gasteiger partial charge in [0.05, 0.1) is 5.02 Å². The minimum Gasteiger partial charge on any atom is -0.404 e. The molecule has 0 unspecified atom stereocenters. The summed E-state index contributed by atoms with van der Waals surface area (Å²) in [4.78, 5) is 0.760.